The number of fused-ring (bicyclic) bond motifs is 7. The van der Waals surface area contributed by atoms with Crippen molar-refractivity contribution in [2.45, 2.75) is 119 Å². The summed E-state index contributed by atoms with van der Waals surface area (Å²) in [5, 5.41) is 0. The van der Waals surface area contributed by atoms with E-state index in [4.69, 9.17) is 9.47 Å². The van der Waals surface area contributed by atoms with Gasteiger partial charge in [-0.3, -0.25) is 9.59 Å². The smallest absolute Gasteiger partial charge is 0.311 e. The lowest BCUT2D eigenvalue weighted by Crippen LogP contribution is -2.66. The van der Waals surface area contributed by atoms with Crippen LogP contribution in [0.4, 0.5) is 0 Å². The lowest BCUT2D eigenvalue weighted by molar-refractivity contribution is -0.211. The molecule has 0 N–H and O–H groups in total. The first-order valence-corrected chi connectivity index (χ1v) is 16.6. The fourth-order valence-corrected chi connectivity index (χ4v) is 11.7. The van der Waals surface area contributed by atoms with E-state index in [-0.39, 0.29) is 51.0 Å². The van der Waals surface area contributed by atoms with Gasteiger partial charge in [-0.25, -0.2) is 0 Å². The molecule has 0 heterocycles. The number of benzene rings is 1. The van der Waals surface area contributed by atoms with Crippen LogP contribution in [-0.2, 0) is 25.7 Å². The largest absolute Gasteiger partial charge is 0.469 e. The van der Waals surface area contributed by atoms with Gasteiger partial charge in [-0.05, 0) is 115 Å². The summed E-state index contributed by atoms with van der Waals surface area (Å²) >= 11 is 0. The average Bonchev–Trinajstić information content (AvgIpc) is 2.94. The Labute approximate surface area is 254 Å². The summed E-state index contributed by atoms with van der Waals surface area (Å²) in [6, 6.07) is 10.5. The third kappa shape index (κ3) is 4.09. The van der Waals surface area contributed by atoms with Crippen molar-refractivity contribution in [3.05, 3.63) is 47.5 Å². The molecule has 5 aliphatic carbocycles. The molecule has 0 amide bonds. The molecular formula is C38H54O4. The van der Waals surface area contributed by atoms with Crippen LogP contribution in [0.3, 0.4) is 0 Å². The number of ketones is 1. The zero-order chi connectivity index (χ0) is 30.3. The molecule has 42 heavy (non-hydrogen) atoms. The maximum atomic E-state index is 14.6. The normalized spacial score (nSPS) is 45.9. The fourth-order valence-electron chi connectivity index (χ4n) is 11.7. The van der Waals surface area contributed by atoms with E-state index in [1.165, 1.54) is 24.7 Å². The molecule has 1 aromatic rings. The standard InChI is InChI=1S/C38H54O4/c1-33(2)29-14-17-38(7)31(36(29,5)16-15-30(33)42-24-25-12-10-9-11-13-25)28(39)22-26-27-23-35(4,32(40)41-8)19-18-34(27,3)20-21-37(26,38)6/h9-13,22,27,29-31H,14-21,23-24H2,1-8H3/t27?,29?,30-,31+,34+,35-,36-,37+,38+/m0/s1. The molecule has 0 spiro atoms. The molecular weight excluding hydrogens is 520 g/mol. The van der Waals surface area contributed by atoms with E-state index in [9.17, 15) is 9.59 Å². The molecule has 9 atom stereocenters. The van der Waals surface area contributed by atoms with Crippen LogP contribution in [0, 0.1) is 50.2 Å². The van der Waals surface area contributed by atoms with Crippen LogP contribution in [0.25, 0.3) is 0 Å². The Morgan fingerprint density at radius 1 is 0.881 bits per heavy atom. The maximum absolute atomic E-state index is 14.6. The molecule has 2 unspecified atom stereocenters. The molecule has 0 bridgehead atoms. The number of methoxy groups -OCH3 is 1. The predicted octanol–water partition coefficient (Wildman–Crippen LogP) is 8.73. The van der Waals surface area contributed by atoms with Gasteiger partial charge in [0.15, 0.2) is 5.78 Å². The Kier molecular flexibility index (Phi) is 7.01. The van der Waals surface area contributed by atoms with Gasteiger partial charge in [-0.15, -0.1) is 0 Å². The third-order valence-corrected chi connectivity index (χ3v) is 14.5. The van der Waals surface area contributed by atoms with E-state index < -0.39 is 5.41 Å². The van der Waals surface area contributed by atoms with Crippen molar-refractivity contribution < 1.29 is 19.1 Å². The van der Waals surface area contributed by atoms with Crippen molar-refractivity contribution in [3.8, 4) is 0 Å². The lowest BCUT2D eigenvalue weighted by Gasteiger charge is -2.70. The highest BCUT2D eigenvalue weighted by atomic mass is 16.5. The van der Waals surface area contributed by atoms with Crippen LogP contribution >= 0.6 is 0 Å². The van der Waals surface area contributed by atoms with E-state index in [2.05, 4.69) is 84.9 Å². The van der Waals surface area contributed by atoms with Crippen molar-refractivity contribution in [1.29, 1.82) is 0 Å². The summed E-state index contributed by atoms with van der Waals surface area (Å²) < 4.78 is 12.0. The average molecular weight is 575 g/mol. The molecule has 4 saturated carbocycles. The number of hydrogen-bond acceptors (Lipinski definition) is 4. The number of carbonyl (C=O) groups is 2. The lowest BCUT2D eigenvalue weighted by atomic mass is 9.33. The number of esters is 1. The van der Waals surface area contributed by atoms with Crippen LogP contribution in [0.15, 0.2) is 42.0 Å². The summed E-state index contributed by atoms with van der Waals surface area (Å²) in [4.78, 5) is 27.6. The van der Waals surface area contributed by atoms with Crippen LogP contribution < -0.4 is 0 Å². The quantitative estimate of drug-likeness (QED) is 0.338. The molecule has 4 nitrogen and oxygen atoms in total. The van der Waals surface area contributed by atoms with E-state index in [0.717, 1.165) is 51.4 Å². The zero-order valence-corrected chi connectivity index (χ0v) is 27.5. The molecule has 5 aliphatic rings. The molecule has 230 valence electrons. The first-order valence-electron chi connectivity index (χ1n) is 16.6. The van der Waals surface area contributed by atoms with E-state index in [1.54, 1.807) is 0 Å². The van der Waals surface area contributed by atoms with Gasteiger partial charge in [-0.1, -0.05) is 77.4 Å². The molecule has 4 heteroatoms. The van der Waals surface area contributed by atoms with E-state index >= 15 is 0 Å². The zero-order valence-electron chi connectivity index (χ0n) is 27.5. The van der Waals surface area contributed by atoms with Crippen LogP contribution in [-0.4, -0.2) is 25.0 Å². The second kappa shape index (κ2) is 9.78. The minimum atomic E-state index is -0.482. The number of hydrogen-bond donors (Lipinski definition) is 0. The van der Waals surface area contributed by atoms with Crippen LogP contribution in [0.2, 0.25) is 0 Å². The molecule has 1 aromatic carbocycles. The Bertz CT molecular complexity index is 1280. The summed E-state index contributed by atoms with van der Waals surface area (Å²) in [6.45, 7) is 17.4. The van der Waals surface area contributed by atoms with Crippen molar-refractivity contribution >= 4 is 11.8 Å². The number of carbonyl (C=O) groups excluding carboxylic acids is 2. The highest BCUT2D eigenvalue weighted by molar-refractivity contribution is 5.95. The molecule has 0 radical (unpaired) electrons. The predicted molar refractivity (Wildman–Crippen MR) is 166 cm³/mol. The topological polar surface area (TPSA) is 52.6 Å². The molecule has 0 aliphatic heterocycles. The summed E-state index contributed by atoms with van der Waals surface area (Å²) in [5.41, 5.74) is 2.04. The summed E-state index contributed by atoms with van der Waals surface area (Å²) in [5.74, 6) is 0.967. The van der Waals surface area contributed by atoms with Gasteiger partial charge in [0, 0.05) is 5.92 Å². The Hall–Kier alpha value is -1.94. The third-order valence-electron chi connectivity index (χ3n) is 14.5. The highest BCUT2D eigenvalue weighted by Crippen LogP contribution is 2.75. The Morgan fingerprint density at radius 3 is 2.26 bits per heavy atom. The van der Waals surface area contributed by atoms with Crippen molar-refractivity contribution in [3.63, 3.8) is 0 Å². The van der Waals surface area contributed by atoms with Gasteiger partial charge in [0.05, 0.1) is 25.2 Å². The van der Waals surface area contributed by atoms with E-state index in [0.29, 0.717) is 18.3 Å². The van der Waals surface area contributed by atoms with Gasteiger partial charge in [0.1, 0.15) is 0 Å². The highest BCUT2D eigenvalue weighted by Gasteiger charge is 2.70. The molecule has 4 fully saturated rings. The summed E-state index contributed by atoms with van der Waals surface area (Å²) in [6.07, 6.45) is 11.5. The monoisotopic (exact) mass is 574 g/mol. The first-order chi connectivity index (χ1) is 19.6. The van der Waals surface area contributed by atoms with Gasteiger partial charge in [-0.2, -0.15) is 0 Å². The van der Waals surface area contributed by atoms with Gasteiger partial charge < -0.3 is 9.47 Å². The fraction of sp³-hybridized carbons (Fsp3) is 0.737. The number of rotatable bonds is 4. The van der Waals surface area contributed by atoms with Gasteiger partial charge in [0.2, 0.25) is 0 Å². The molecule has 0 aromatic heterocycles. The van der Waals surface area contributed by atoms with Crippen molar-refractivity contribution in [2.24, 2.45) is 50.2 Å². The van der Waals surface area contributed by atoms with Gasteiger partial charge in [0.25, 0.3) is 0 Å². The minimum Gasteiger partial charge on any atom is -0.469 e. The van der Waals surface area contributed by atoms with Crippen molar-refractivity contribution in [2.75, 3.05) is 7.11 Å². The Balaban J connectivity index is 1.33. The second-order valence-electron chi connectivity index (χ2n) is 16.9. The Morgan fingerprint density at radius 2 is 1.57 bits per heavy atom. The van der Waals surface area contributed by atoms with Crippen molar-refractivity contribution in [1.82, 2.24) is 0 Å². The number of allylic oxidation sites excluding steroid dienone is 2. The molecule has 6 rings (SSSR count). The summed E-state index contributed by atoms with van der Waals surface area (Å²) in [7, 11) is 1.52. The minimum absolute atomic E-state index is 0.00881. The maximum Gasteiger partial charge on any atom is 0.311 e. The first kappa shape index (κ1) is 30.1. The van der Waals surface area contributed by atoms with E-state index in [1.807, 2.05) is 0 Å². The molecule has 0 saturated heterocycles. The van der Waals surface area contributed by atoms with Crippen LogP contribution in [0.5, 0.6) is 0 Å². The second-order valence-corrected chi connectivity index (χ2v) is 16.9. The van der Waals surface area contributed by atoms with Gasteiger partial charge >= 0.3 is 5.97 Å². The van der Waals surface area contributed by atoms with Crippen LogP contribution in [0.1, 0.15) is 112 Å². The SMILES string of the molecule is COC(=O)[C@@]1(C)CC[C@]2(C)CC[C@]3(C)C(=CC(=O)[C@@H]4[C@@]5(C)CC[C@H](OCc6ccccc6)C(C)(C)C5CC[C@]43C)C2C1. The number of ether oxygens (including phenoxy) is 2.